The van der Waals surface area contributed by atoms with Gasteiger partial charge < -0.3 is 10.8 Å². The van der Waals surface area contributed by atoms with Gasteiger partial charge in [-0.3, -0.25) is 0 Å². The van der Waals surface area contributed by atoms with E-state index in [4.69, 9.17) is 5.73 Å². The van der Waals surface area contributed by atoms with Gasteiger partial charge in [-0.2, -0.15) is 0 Å². The number of nitrogens with two attached hydrogens (primary N) is 1. The molecule has 1 heterocycles. The molecule has 1 aliphatic rings. The number of hydrogen-bond acceptors (Lipinski definition) is 2. The van der Waals surface area contributed by atoms with Crippen LogP contribution in [0.1, 0.15) is 6.42 Å². The fourth-order valence-electron chi connectivity index (χ4n) is 0.820. The third-order valence-electron chi connectivity index (χ3n) is 1.52. The molecule has 8 heavy (non-hydrogen) atoms. The van der Waals surface area contributed by atoms with E-state index < -0.39 is 5.60 Å². The van der Waals surface area contributed by atoms with E-state index in [0.717, 1.165) is 13.0 Å². The predicted octanol–water partition coefficient (Wildman–Crippen LogP) is -1.32. The molecule has 1 fully saturated rings. The standard InChI is InChI=1S/C5H11N2O/c6-3-5(8)1-2-7-4-5/h8H,1-4,6H2. The smallest absolute Gasteiger partial charge is 0.0922 e. The topological polar surface area (TPSA) is 60.4 Å². The fraction of sp³-hybridized carbons (Fsp3) is 1.00. The van der Waals surface area contributed by atoms with Crippen molar-refractivity contribution in [2.75, 3.05) is 19.6 Å². The first kappa shape index (κ1) is 6.01. The van der Waals surface area contributed by atoms with Crippen molar-refractivity contribution in [1.29, 1.82) is 0 Å². The van der Waals surface area contributed by atoms with Gasteiger partial charge in [-0.1, -0.05) is 0 Å². The summed E-state index contributed by atoms with van der Waals surface area (Å²) in [4.78, 5) is 0. The van der Waals surface area contributed by atoms with E-state index in [9.17, 15) is 5.11 Å². The van der Waals surface area contributed by atoms with E-state index in [-0.39, 0.29) is 0 Å². The maximum absolute atomic E-state index is 9.28. The summed E-state index contributed by atoms with van der Waals surface area (Å²) in [6.07, 6.45) is 0.740. The Morgan fingerprint density at radius 3 is 2.75 bits per heavy atom. The van der Waals surface area contributed by atoms with Gasteiger partial charge >= 0.3 is 0 Å². The Labute approximate surface area is 48.9 Å². The summed E-state index contributed by atoms with van der Waals surface area (Å²) in [5.41, 5.74) is 4.61. The highest BCUT2D eigenvalue weighted by molar-refractivity contribution is 4.87. The van der Waals surface area contributed by atoms with Crippen molar-refractivity contribution < 1.29 is 5.11 Å². The second-order valence-electron chi connectivity index (χ2n) is 2.28. The monoisotopic (exact) mass is 115 g/mol. The first-order valence-electron chi connectivity index (χ1n) is 2.82. The van der Waals surface area contributed by atoms with Gasteiger partial charge in [-0.05, 0) is 6.42 Å². The number of hydrogen-bond donors (Lipinski definition) is 2. The molecule has 0 bridgehead atoms. The third-order valence-corrected chi connectivity index (χ3v) is 1.52. The van der Waals surface area contributed by atoms with Crippen LogP contribution in [0.3, 0.4) is 0 Å². The van der Waals surface area contributed by atoms with Crippen LogP contribution < -0.4 is 11.1 Å². The largest absolute Gasteiger partial charge is 0.387 e. The molecule has 0 aromatic rings. The third kappa shape index (κ3) is 0.992. The predicted molar refractivity (Wildman–Crippen MR) is 30.5 cm³/mol. The quantitative estimate of drug-likeness (QED) is 0.445. The maximum atomic E-state index is 9.28. The molecule has 1 radical (unpaired) electrons. The van der Waals surface area contributed by atoms with Crippen molar-refractivity contribution in [2.24, 2.45) is 5.73 Å². The number of rotatable bonds is 1. The maximum Gasteiger partial charge on any atom is 0.0922 e. The molecule has 0 aromatic carbocycles. The molecule has 0 aromatic heterocycles. The molecule has 1 rings (SSSR count). The van der Waals surface area contributed by atoms with E-state index in [1.54, 1.807) is 0 Å². The highest BCUT2D eigenvalue weighted by Gasteiger charge is 2.29. The highest BCUT2D eigenvalue weighted by Crippen LogP contribution is 2.12. The fourth-order valence-corrected chi connectivity index (χ4v) is 0.820. The molecule has 47 valence electrons. The molecule has 0 amide bonds. The van der Waals surface area contributed by atoms with E-state index in [2.05, 4.69) is 5.32 Å². The average Bonchev–Trinajstić information content (AvgIpc) is 2.17. The molecule has 1 atom stereocenters. The Balaban J connectivity index is 2.40. The van der Waals surface area contributed by atoms with Crippen molar-refractivity contribution in [3.8, 4) is 0 Å². The van der Waals surface area contributed by atoms with Crippen molar-refractivity contribution in [3.63, 3.8) is 0 Å². The van der Waals surface area contributed by atoms with Crippen molar-refractivity contribution in [1.82, 2.24) is 5.32 Å². The van der Waals surface area contributed by atoms with Crippen LogP contribution in [0.15, 0.2) is 0 Å². The second-order valence-corrected chi connectivity index (χ2v) is 2.28. The lowest BCUT2D eigenvalue weighted by Crippen LogP contribution is -2.38. The molecule has 3 N–H and O–H groups in total. The van der Waals surface area contributed by atoms with Crippen LogP contribution in [0, 0.1) is 0 Å². The van der Waals surface area contributed by atoms with E-state index in [1.807, 2.05) is 0 Å². The molecule has 1 saturated heterocycles. The minimum atomic E-state index is -0.653. The molecule has 0 spiro atoms. The van der Waals surface area contributed by atoms with Crippen LogP contribution in [0.2, 0.25) is 0 Å². The van der Waals surface area contributed by atoms with E-state index in [0.29, 0.717) is 13.1 Å². The van der Waals surface area contributed by atoms with Gasteiger partial charge in [0.15, 0.2) is 0 Å². The van der Waals surface area contributed by atoms with Crippen LogP contribution in [-0.2, 0) is 0 Å². The minimum absolute atomic E-state index is 0.344. The molecule has 0 aliphatic carbocycles. The van der Waals surface area contributed by atoms with Crippen molar-refractivity contribution >= 4 is 0 Å². The Morgan fingerprint density at radius 2 is 2.50 bits per heavy atom. The summed E-state index contributed by atoms with van der Waals surface area (Å²) in [5.74, 6) is 0. The Hall–Kier alpha value is -0.120. The first-order valence-corrected chi connectivity index (χ1v) is 2.82. The van der Waals surface area contributed by atoms with Crippen LogP contribution >= 0.6 is 0 Å². The first-order chi connectivity index (χ1) is 3.77. The molecule has 1 unspecified atom stereocenters. The van der Waals surface area contributed by atoms with Crippen molar-refractivity contribution in [2.45, 2.75) is 12.0 Å². The van der Waals surface area contributed by atoms with Gasteiger partial charge in [0.05, 0.1) is 5.60 Å². The van der Waals surface area contributed by atoms with Gasteiger partial charge in [0, 0.05) is 19.6 Å². The average molecular weight is 115 g/mol. The summed E-state index contributed by atoms with van der Waals surface area (Å²) >= 11 is 0. The number of nitrogens with zero attached hydrogens (tertiary/aromatic N) is 1. The summed E-state index contributed by atoms with van der Waals surface area (Å²) in [7, 11) is 0. The van der Waals surface area contributed by atoms with Gasteiger partial charge in [-0.25, -0.2) is 5.32 Å². The molecular weight excluding hydrogens is 104 g/mol. The number of aliphatic hydroxyl groups is 1. The Kier molecular flexibility index (Phi) is 1.51. The minimum Gasteiger partial charge on any atom is -0.387 e. The highest BCUT2D eigenvalue weighted by atomic mass is 16.3. The van der Waals surface area contributed by atoms with Crippen LogP contribution in [0.25, 0.3) is 0 Å². The van der Waals surface area contributed by atoms with Gasteiger partial charge in [0.1, 0.15) is 0 Å². The lowest BCUT2D eigenvalue weighted by molar-refractivity contribution is 0.0704. The lowest BCUT2D eigenvalue weighted by Gasteiger charge is -2.16. The van der Waals surface area contributed by atoms with E-state index in [1.165, 1.54) is 0 Å². The summed E-state index contributed by atoms with van der Waals surface area (Å²) < 4.78 is 0. The van der Waals surface area contributed by atoms with Gasteiger partial charge in [0.2, 0.25) is 0 Å². The van der Waals surface area contributed by atoms with E-state index >= 15 is 0 Å². The van der Waals surface area contributed by atoms with Crippen LogP contribution in [-0.4, -0.2) is 30.3 Å². The normalized spacial score (nSPS) is 38.2. The van der Waals surface area contributed by atoms with Crippen LogP contribution in [0.5, 0.6) is 0 Å². The summed E-state index contributed by atoms with van der Waals surface area (Å²) in [5, 5.41) is 13.3. The zero-order valence-electron chi connectivity index (χ0n) is 4.80. The molecule has 0 saturated carbocycles. The lowest BCUT2D eigenvalue weighted by atomic mass is 10.1. The van der Waals surface area contributed by atoms with Crippen molar-refractivity contribution in [3.05, 3.63) is 0 Å². The SMILES string of the molecule is NCC1(O)CC[N]C1. The zero-order valence-corrected chi connectivity index (χ0v) is 4.80. The van der Waals surface area contributed by atoms with Gasteiger partial charge in [0.25, 0.3) is 0 Å². The van der Waals surface area contributed by atoms with Gasteiger partial charge in [-0.15, -0.1) is 0 Å². The molecular formula is C5H11N2O. The summed E-state index contributed by atoms with van der Waals surface area (Å²) in [6, 6.07) is 0. The molecule has 3 heteroatoms. The van der Waals surface area contributed by atoms with Crippen LogP contribution in [0.4, 0.5) is 0 Å². The Bertz CT molecular complexity index is 78.5. The molecule has 3 nitrogen and oxygen atoms in total. The second kappa shape index (κ2) is 2.01. The Morgan fingerprint density at radius 1 is 1.75 bits per heavy atom. The summed E-state index contributed by atoms with van der Waals surface area (Å²) in [6.45, 7) is 1.65. The zero-order chi connectivity index (χ0) is 6.04. The molecule has 1 aliphatic heterocycles.